The first-order chi connectivity index (χ1) is 15.0. The van der Waals surface area contributed by atoms with E-state index in [0.717, 1.165) is 36.4 Å². The van der Waals surface area contributed by atoms with Crippen LogP contribution < -0.4 is 15.4 Å². The van der Waals surface area contributed by atoms with Crippen LogP contribution in [0.4, 0.5) is 0 Å². The van der Waals surface area contributed by atoms with Crippen LogP contribution in [0.15, 0.2) is 42.5 Å². The highest BCUT2D eigenvalue weighted by atomic mass is 35.5. The Morgan fingerprint density at radius 1 is 1.19 bits per heavy atom. The molecule has 1 saturated heterocycles. The van der Waals surface area contributed by atoms with E-state index in [2.05, 4.69) is 27.7 Å². The average molecular weight is 446 g/mol. The summed E-state index contributed by atoms with van der Waals surface area (Å²) in [7, 11) is 3.32. The lowest BCUT2D eigenvalue weighted by molar-refractivity contribution is -0.125. The van der Waals surface area contributed by atoms with Gasteiger partial charge in [-0.2, -0.15) is 0 Å². The molecule has 168 valence electrons. The number of nitrogens with one attached hydrogen (secondary N) is 2. The van der Waals surface area contributed by atoms with Gasteiger partial charge in [0.25, 0.3) is 0 Å². The van der Waals surface area contributed by atoms with E-state index in [-0.39, 0.29) is 18.0 Å². The molecule has 1 amide bonds. The minimum Gasteiger partial charge on any atom is -0.496 e. The van der Waals surface area contributed by atoms with Gasteiger partial charge < -0.3 is 20.1 Å². The number of carbonyl (C=O) groups is 1. The van der Waals surface area contributed by atoms with Crippen LogP contribution in [0.1, 0.15) is 23.1 Å². The number of ether oxygens (including phenoxy) is 2. The molecule has 31 heavy (non-hydrogen) atoms. The molecule has 0 saturated carbocycles. The molecular formula is C24H32ClN3O3. The van der Waals surface area contributed by atoms with Crippen LogP contribution in [0, 0.1) is 6.92 Å². The molecule has 0 spiro atoms. The zero-order valence-corrected chi connectivity index (χ0v) is 19.2. The second-order valence-corrected chi connectivity index (χ2v) is 8.41. The molecule has 1 aliphatic heterocycles. The molecule has 6 nitrogen and oxygen atoms in total. The van der Waals surface area contributed by atoms with Crippen LogP contribution in [0.5, 0.6) is 5.75 Å². The van der Waals surface area contributed by atoms with Crippen molar-refractivity contribution in [2.75, 3.05) is 33.9 Å². The first-order valence-electron chi connectivity index (χ1n) is 10.6. The lowest BCUT2D eigenvalue weighted by Gasteiger charge is -2.23. The largest absolute Gasteiger partial charge is 0.496 e. The van der Waals surface area contributed by atoms with E-state index < -0.39 is 0 Å². The summed E-state index contributed by atoms with van der Waals surface area (Å²) < 4.78 is 10.4. The van der Waals surface area contributed by atoms with Crippen LogP contribution in [-0.2, 0) is 22.6 Å². The summed E-state index contributed by atoms with van der Waals surface area (Å²) in [4.78, 5) is 15.1. The molecule has 0 aromatic heterocycles. The summed E-state index contributed by atoms with van der Waals surface area (Å²) in [6, 6.07) is 14.1. The van der Waals surface area contributed by atoms with Crippen LogP contribution in [0.3, 0.4) is 0 Å². The fourth-order valence-corrected chi connectivity index (χ4v) is 4.29. The Balaban J connectivity index is 1.64. The van der Waals surface area contributed by atoms with E-state index in [0.29, 0.717) is 24.7 Å². The Morgan fingerprint density at radius 2 is 2.03 bits per heavy atom. The third-order valence-corrected chi connectivity index (χ3v) is 5.88. The van der Waals surface area contributed by atoms with Crippen molar-refractivity contribution >= 4 is 17.5 Å². The lowest BCUT2D eigenvalue weighted by Crippen LogP contribution is -2.43. The van der Waals surface area contributed by atoms with Crippen molar-refractivity contribution in [1.82, 2.24) is 15.5 Å². The van der Waals surface area contributed by atoms with Gasteiger partial charge in [-0.1, -0.05) is 35.9 Å². The number of methoxy groups -OCH3 is 2. The Bertz CT molecular complexity index is 877. The van der Waals surface area contributed by atoms with Crippen LogP contribution in [0.2, 0.25) is 5.02 Å². The molecule has 1 heterocycles. The molecule has 1 aliphatic rings. The predicted molar refractivity (Wildman–Crippen MR) is 124 cm³/mol. The molecule has 0 aliphatic carbocycles. The number of nitrogens with zero attached hydrogens (tertiary/aromatic N) is 1. The molecule has 3 rings (SSSR count). The van der Waals surface area contributed by atoms with E-state index in [4.69, 9.17) is 21.1 Å². The number of likely N-dealkylation sites (tertiary alicyclic amines) is 1. The number of rotatable bonds is 10. The molecule has 0 bridgehead atoms. The second kappa shape index (κ2) is 11.5. The zero-order valence-electron chi connectivity index (χ0n) is 18.5. The minimum absolute atomic E-state index is 0.0451. The number of hydrogen-bond acceptors (Lipinski definition) is 5. The SMILES string of the molecule is COCCNC(=O)[C@@H]1C[C@H](NCc2ccc(OC)c(C)c2)CN1Cc1cccc(Cl)c1. The molecule has 7 heteroatoms. The maximum Gasteiger partial charge on any atom is 0.237 e. The van der Waals surface area contributed by atoms with Gasteiger partial charge in [0.2, 0.25) is 5.91 Å². The molecule has 2 atom stereocenters. The minimum atomic E-state index is -0.189. The molecule has 2 aromatic carbocycles. The van der Waals surface area contributed by atoms with Crippen molar-refractivity contribution in [1.29, 1.82) is 0 Å². The Labute approximate surface area is 189 Å². The van der Waals surface area contributed by atoms with Gasteiger partial charge in [0.15, 0.2) is 0 Å². The van der Waals surface area contributed by atoms with Gasteiger partial charge >= 0.3 is 0 Å². The quantitative estimate of drug-likeness (QED) is 0.550. The van der Waals surface area contributed by atoms with E-state index in [1.807, 2.05) is 37.3 Å². The topological polar surface area (TPSA) is 62.8 Å². The molecule has 0 radical (unpaired) electrons. The predicted octanol–water partition coefficient (Wildman–Crippen LogP) is 3.15. The summed E-state index contributed by atoms with van der Waals surface area (Å²) in [5.41, 5.74) is 3.42. The first kappa shape index (κ1) is 23.5. The van der Waals surface area contributed by atoms with Gasteiger partial charge in [-0.15, -0.1) is 0 Å². The van der Waals surface area contributed by atoms with Gasteiger partial charge in [0.05, 0.1) is 19.8 Å². The highest BCUT2D eigenvalue weighted by Gasteiger charge is 2.36. The standard InChI is InChI=1S/C24H32ClN3O3/c1-17-11-18(7-8-23(17)31-3)14-27-21-13-22(24(29)26-9-10-30-2)28(16-21)15-19-5-4-6-20(25)12-19/h4-8,11-12,21-22,27H,9-10,13-16H2,1-3H3,(H,26,29)/t21-,22-/m0/s1. The van der Waals surface area contributed by atoms with Gasteiger partial charge in [-0.3, -0.25) is 9.69 Å². The molecule has 2 aromatic rings. The zero-order chi connectivity index (χ0) is 22.2. The number of amides is 1. The first-order valence-corrected chi connectivity index (χ1v) is 11.0. The van der Waals surface area contributed by atoms with Gasteiger partial charge in [0.1, 0.15) is 5.75 Å². The van der Waals surface area contributed by atoms with Crippen molar-refractivity contribution < 1.29 is 14.3 Å². The summed E-state index contributed by atoms with van der Waals surface area (Å²) >= 11 is 6.16. The van der Waals surface area contributed by atoms with E-state index in [1.54, 1.807) is 14.2 Å². The van der Waals surface area contributed by atoms with Crippen LogP contribution in [0.25, 0.3) is 0 Å². The van der Waals surface area contributed by atoms with Gasteiger partial charge in [0, 0.05) is 44.4 Å². The highest BCUT2D eigenvalue weighted by molar-refractivity contribution is 6.30. The van der Waals surface area contributed by atoms with Crippen LogP contribution >= 0.6 is 11.6 Å². The Morgan fingerprint density at radius 3 is 2.74 bits per heavy atom. The van der Waals surface area contributed by atoms with E-state index in [1.165, 1.54) is 5.56 Å². The monoisotopic (exact) mass is 445 g/mol. The fraction of sp³-hybridized carbons (Fsp3) is 0.458. The van der Waals surface area contributed by atoms with Crippen molar-refractivity contribution in [3.05, 3.63) is 64.2 Å². The Kier molecular flexibility index (Phi) is 8.72. The summed E-state index contributed by atoms with van der Waals surface area (Å²) in [6.07, 6.45) is 0.758. The smallest absolute Gasteiger partial charge is 0.237 e. The lowest BCUT2D eigenvalue weighted by atomic mass is 10.1. The molecule has 2 N–H and O–H groups in total. The number of aryl methyl sites for hydroxylation is 1. The number of hydrogen-bond donors (Lipinski definition) is 2. The number of benzene rings is 2. The van der Waals surface area contributed by atoms with Gasteiger partial charge in [-0.05, 0) is 48.2 Å². The van der Waals surface area contributed by atoms with Crippen molar-refractivity contribution in [3.63, 3.8) is 0 Å². The van der Waals surface area contributed by atoms with Gasteiger partial charge in [-0.25, -0.2) is 0 Å². The molecule has 0 unspecified atom stereocenters. The average Bonchev–Trinajstić information content (AvgIpc) is 3.15. The maximum absolute atomic E-state index is 12.8. The molecular weight excluding hydrogens is 414 g/mol. The third-order valence-electron chi connectivity index (χ3n) is 5.64. The summed E-state index contributed by atoms with van der Waals surface area (Å²) in [5.74, 6) is 0.939. The van der Waals surface area contributed by atoms with Crippen LogP contribution in [-0.4, -0.2) is 56.8 Å². The van der Waals surface area contributed by atoms with Crippen molar-refractivity contribution in [3.8, 4) is 5.75 Å². The fourth-order valence-electron chi connectivity index (χ4n) is 4.08. The van der Waals surface area contributed by atoms with E-state index in [9.17, 15) is 4.79 Å². The summed E-state index contributed by atoms with van der Waals surface area (Å²) in [5, 5.41) is 7.33. The second-order valence-electron chi connectivity index (χ2n) is 7.98. The molecule has 1 fully saturated rings. The van der Waals surface area contributed by atoms with Crippen molar-refractivity contribution in [2.45, 2.75) is 38.5 Å². The normalized spacial score (nSPS) is 18.8. The van der Waals surface area contributed by atoms with Crippen molar-refractivity contribution in [2.24, 2.45) is 0 Å². The summed E-state index contributed by atoms with van der Waals surface area (Å²) in [6.45, 7) is 5.29. The number of halogens is 1. The van der Waals surface area contributed by atoms with E-state index >= 15 is 0 Å². The maximum atomic E-state index is 12.8. The third kappa shape index (κ3) is 6.68. The number of carbonyl (C=O) groups excluding carboxylic acids is 1. The highest BCUT2D eigenvalue weighted by Crippen LogP contribution is 2.23. The Hall–Kier alpha value is -2.12.